The second-order valence-electron chi connectivity index (χ2n) is 8.02. The van der Waals surface area contributed by atoms with Crippen LogP contribution in [0.15, 0.2) is 72.8 Å². The maximum Gasteiger partial charge on any atom is 0.251 e. The van der Waals surface area contributed by atoms with Crippen LogP contribution in [0, 0.1) is 0 Å². The Morgan fingerprint density at radius 1 is 1.03 bits per heavy atom. The number of fused-ring (bicyclic) bond motifs is 1. The molecule has 1 heterocycles. The second kappa shape index (κ2) is 11.1. The Morgan fingerprint density at radius 2 is 1.76 bits per heavy atom. The van der Waals surface area contributed by atoms with Gasteiger partial charge in [0, 0.05) is 12.1 Å². The van der Waals surface area contributed by atoms with Gasteiger partial charge in [0.25, 0.3) is 5.91 Å². The molecule has 0 spiro atoms. The standard InChI is InChI=1S/C27H28ClN3O3/c1-19(29-27(32)20-13-15-21(33-2)16-14-20)26-30-23-10-4-5-11-24(23)31(26)17-7-8-18-34-25-12-6-3-9-22(25)28/h3-6,9-16,19H,7-8,17-18H2,1-2H3,(H,29,32). The summed E-state index contributed by atoms with van der Waals surface area (Å²) in [5, 5.41) is 3.70. The van der Waals surface area contributed by atoms with Crippen molar-refractivity contribution in [2.45, 2.75) is 32.4 Å². The summed E-state index contributed by atoms with van der Waals surface area (Å²) >= 11 is 6.16. The molecule has 0 radical (unpaired) electrons. The predicted molar refractivity (Wildman–Crippen MR) is 135 cm³/mol. The van der Waals surface area contributed by atoms with Crippen molar-refractivity contribution >= 4 is 28.5 Å². The van der Waals surface area contributed by atoms with E-state index in [0.29, 0.717) is 28.7 Å². The minimum atomic E-state index is -0.263. The number of rotatable bonds is 10. The van der Waals surface area contributed by atoms with Gasteiger partial charge in [-0.05, 0) is 68.3 Å². The van der Waals surface area contributed by atoms with Crippen LogP contribution < -0.4 is 14.8 Å². The van der Waals surface area contributed by atoms with Gasteiger partial charge in [0.05, 0.1) is 35.8 Å². The fraction of sp³-hybridized carbons (Fsp3) is 0.259. The van der Waals surface area contributed by atoms with Gasteiger partial charge in [0.2, 0.25) is 0 Å². The van der Waals surface area contributed by atoms with Crippen LogP contribution in [0.5, 0.6) is 11.5 Å². The van der Waals surface area contributed by atoms with Gasteiger partial charge >= 0.3 is 0 Å². The van der Waals surface area contributed by atoms with E-state index in [1.807, 2.05) is 49.4 Å². The molecule has 1 atom stereocenters. The molecule has 0 fully saturated rings. The van der Waals surface area contributed by atoms with Crippen molar-refractivity contribution in [3.05, 3.63) is 89.2 Å². The number of para-hydroxylation sites is 3. The lowest BCUT2D eigenvalue weighted by atomic mass is 10.2. The quantitative estimate of drug-likeness (QED) is 0.282. The first-order valence-corrected chi connectivity index (χ1v) is 11.7. The molecule has 0 bridgehead atoms. The molecule has 0 aliphatic rings. The number of imidazole rings is 1. The largest absolute Gasteiger partial charge is 0.497 e. The smallest absolute Gasteiger partial charge is 0.251 e. The first-order chi connectivity index (χ1) is 16.6. The highest BCUT2D eigenvalue weighted by Gasteiger charge is 2.19. The number of halogens is 1. The van der Waals surface area contributed by atoms with Crippen LogP contribution in [0.3, 0.4) is 0 Å². The van der Waals surface area contributed by atoms with E-state index in [0.717, 1.165) is 36.2 Å². The third-order valence-corrected chi connectivity index (χ3v) is 5.95. The average Bonchev–Trinajstić information content (AvgIpc) is 3.23. The molecule has 1 amide bonds. The Morgan fingerprint density at radius 3 is 2.53 bits per heavy atom. The lowest BCUT2D eigenvalue weighted by Gasteiger charge is -2.17. The molecule has 0 aliphatic heterocycles. The molecule has 0 saturated heterocycles. The normalized spacial score (nSPS) is 11.9. The van der Waals surface area contributed by atoms with Gasteiger partial charge in [-0.2, -0.15) is 0 Å². The molecular weight excluding hydrogens is 450 g/mol. The number of methoxy groups -OCH3 is 1. The molecule has 6 nitrogen and oxygen atoms in total. The highest BCUT2D eigenvalue weighted by atomic mass is 35.5. The van der Waals surface area contributed by atoms with Crippen molar-refractivity contribution in [2.24, 2.45) is 0 Å². The highest BCUT2D eigenvalue weighted by Crippen LogP contribution is 2.24. The molecular formula is C27H28ClN3O3. The van der Waals surface area contributed by atoms with Crippen LogP contribution in [0.1, 0.15) is 42.0 Å². The summed E-state index contributed by atoms with van der Waals surface area (Å²) in [5.41, 5.74) is 2.54. The van der Waals surface area contributed by atoms with Gasteiger partial charge in [-0.3, -0.25) is 4.79 Å². The minimum Gasteiger partial charge on any atom is -0.497 e. The summed E-state index contributed by atoms with van der Waals surface area (Å²) in [5.74, 6) is 2.09. The summed E-state index contributed by atoms with van der Waals surface area (Å²) in [6.45, 7) is 3.31. The van der Waals surface area contributed by atoms with Crippen molar-refractivity contribution < 1.29 is 14.3 Å². The number of ether oxygens (including phenoxy) is 2. The zero-order chi connectivity index (χ0) is 23.9. The van der Waals surface area contributed by atoms with Crippen molar-refractivity contribution in [1.29, 1.82) is 0 Å². The zero-order valence-electron chi connectivity index (χ0n) is 19.3. The Kier molecular flexibility index (Phi) is 7.70. The van der Waals surface area contributed by atoms with E-state index < -0.39 is 0 Å². The number of aromatic nitrogens is 2. The second-order valence-corrected chi connectivity index (χ2v) is 8.43. The number of nitrogens with zero attached hydrogens (tertiary/aromatic N) is 2. The van der Waals surface area contributed by atoms with Crippen molar-refractivity contribution in [3.63, 3.8) is 0 Å². The third-order valence-electron chi connectivity index (χ3n) is 5.64. The molecule has 7 heteroatoms. The number of carbonyl (C=O) groups is 1. The lowest BCUT2D eigenvalue weighted by Crippen LogP contribution is -2.28. The van der Waals surface area contributed by atoms with E-state index in [1.165, 1.54) is 0 Å². The van der Waals surface area contributed by atoms with Gasteiger partial charge in [0.15, 0.2) is 0 Å². The highest BCUT2D eigenvalue weighted by molar-refractivity contribution is 6.32. The monoisotopic (exact) mass is 477 g/mol. The molecule has 1 N–H and O–H groups in total. The Labute approximate surface area is 204 Å². The number of hydrogen-bond acceptors (Lipinski definition) is 4. The van der Waals surface area contributed by atoms with Crippen LogP contribution in [0.4, 0.5) is 0 Å². The number of amides is 1. The summed E-state index contributed by atoms with van der Waals surface area (Å²) in [4.78, 5) is 17.6. The lowest BCUT2D eigenvalue weighted by molar-refractivity contribution is 0.0937. The van der Waals surface area contributed by atoms with Crippen molar-refractivity contribution in [3.8, 4) is 11.5 Å². The molecule has 0 saturated carbocycles. The van der Waals surface area contributed by atoms with Crippen LogP contribution in [-0.4, -0.2) is 29.2 Å². The third kappa shape index (κ3) is 5.51. The number of carbonyl (C=O) groups excluding carboxylic acids is 1. The number of hydrogen-bond donors (Lipinski definition) is 1. The van der Waals surface area contributed by atoms with Crippen LogP contribution in [0.2, 0.25) is 5.02 Å². The molecule has 4 rings (SSSR count). The Bertz CT molecular complexity index is 1250. The van der Waals surface area contributed by atoms with E-state index in [4.69, 9.17) is 26.1 Å². The summed E-state index contributed by atoms with van der Waals surface area (Å²) in [7, 11) is 1.60. The van der Waals surface area contributed by atoms with E-state index in [-0.39, 0.29) is 11.9 Å². The number of aryl methyl sites for hydroxylation is 1. The number of nitrogens with one attached hydrogen (secondary N) is 1. The van der Waals surface area contributed by atoms with E-state index in [1.54, 1.807) is 31.4 Å². The van der Waals surface area contributed by atoms with Gasteiger partial charge in [-0.15, -0.1) is 0 Å². The van der Waals surface area contributed by atoms with Crippen LogP contribution in [0.25, 0.3) is 11.0 Å². The minimum absolute atomic E-state index is 0.151. The van der Waals surface area contributed by atoms with Crippen LogP contribution >= 0.6 is 11.6 Å². The van der Waals surface area contributed by atoms with E-state index >= 15 is 0 Å². The topological polar surface area (TPSA) is 65.4 Å². The van der Waals surface area contributed by atoms with Gasteiger partial charge in [-0.25, -0.2) is 4.98 Å². The Balaban J connectivity index is 1.42. The Hall–Kier alpha value is -3.51. The van der Waals surface area contributed by atoms with E-state index in [9.17, 15) is 4.79 Å². The van der Waals surface area contributed by atoms with Crippen LogP contribution in [-0.2, 0) is 6.54 Å². The summed E-state index contributed by atoms with van der Waals surface area (Å²) < 4.78 is 13.2. The first kappa shape index (κ1) is 23.6. The van der Waals surface area contributed by atoms with Gasteiger partial charge in [-0.1, -0.05) is 35.9 Å². The van der Waals surface area contributed by atoms with Gasteiger partial charge in [0.1, 0.15) is 17.3 Å². The summed E-state index contributed by atoms with van der Waals surface area (Å²) in [6.07, 6.45) is 1.76. The molecule has 4 aromatic rings. The maximum atomic E-state index is 12.8. The SMILES string of the molecule is COc1ccc(C(=O)NC(C)c2nc3ccccc3n2CCCCOc2ccccc2Cl)cc1. The molecule has 1 aromatic heterocycles. The molecule has 0 aliphatic carbocycles. The average molecular weight is 478 g/mol. The molecule has 3 aromatic carbocycles. The molecule has 1 unspecified atom stereocenters. The van der Waals surface area contributed by atoms with Crippen molar-refractivity contribution in [1.82, 2.24) is 14.9 Å². The zero-order valence-corrected chi connectivity index (χ0v) is 20.1. The number of benzene rings is 3. The van der Waals surface area contributed by atoms with Gasteiger partial charge < -0.3 is 19.4 Å². The molecule has 176 valence electrons. The van der Waals surface area contributed by atoms with E-state index in [2.05, 4.69) is 16.0 Å². The maximum absolute atomic E-state index is 12.8. The summed E-state index contributed by atoms with van der Waals surface area (Å²) in [6, 6.07) is 22.3. The predicted octanol–water partition coefficient (Wildman–Crippen LogP) is 6.05. The molecule has 34 heavy (non-hydrogen) atoms. The first-order valence-electron chi connectivity index (χ1n) is 11.3. The fourth-order valence-corrected chi connectivity index (χ4v) is 4.05. The fourth-order valence-electron chi connectivity index (χ4n) is 3.86. The number of unbranched alkanes of at least 4 members (excludes halogenated alkanes) is 1. The van der Waals surface area contributed by atoms with Crippen molar-refractivity contribution in [2.75, 3.05) is 13.7 Å².